The van der Waals surface area contributed by atoms with Crippen LogP contribution in [0, 0.1) is 0 Å². The van der Waals surface area contributed by atoms with Gasteiger partial charge < -0.3 is 10.1 Å². The molecule has 0 heterocycles. The van der Waals surface area contributed by atoms with Crippen molar-refractivity contribution >= 4 is 0 Å². The van der Waals surface area contributed by atoms with Gasteiger partial charge in [0.05, 0.1) is 0 Å². The number of hydrogen-bond donors (Lipinski definition) is 1. The summed E-state index contributed by atoms with van der Waals surface area (Å²) in [4.78, 5) is 0. The van der Waals surface area contributed by atoms with Gasteiger partial charge in [-0.3, -0.25) is 0 Å². The van der Waals surface area contributed by atoms with Crippen molar-refractivity contribution in [3.05, 3.63) is 35.4 Å². The van der Waals surface area contributed by atoms with Crippen LogP contribution in [0.1, 0.15) is 36.8 Å². The minimum absolute atomic E-state index is 0.628. The molecule has 1 atom stereocenters. The van der Waals surface area contributed by atoms with Crippen LogP contribution in [0.25, 0.3) is 0 Å². The first-order chi connectivity index (χ1) is 7.81. The Hall–Kier alpha value is -0.860. The molecule has 16 heavy (non-hydrogen) atoms. The smallest absolute Gasteiger partial charge is 0.0468 e. The van der Waals surface area contributed by atoms with Crippen LogP contribution >= 0.6 is 0 Å². The minimum atomic E-state index is 0.628. The van der Waals surface area contributed by atoms with Crippen LogP contribution in [0.4, 0.5) is 0 Å². The van der Waals surface area contributed by atoms with Gasteiger partial charge in [0.1, 0.15) is 0 Å². The molecule has 0 amide bonds. The van der Waals surface area contributed by atoms with E-state index in [1.54, 1.807) is 7.11 Å². The molecule has 0 radical (unpaired) electrons. The summed E-state index contributed by atoms with van der Waals surface area (Å²) >= 11 is 0. The molecule has 1 unspecified atom stereocenters. The lowest BCUT2D eigenvalue weighted by Gasteiger charge is -2.15. The molecule has 0 saturated carbocycles. The molecule has 90 valence electrons. The predicted molar refractivity (Wildman–Crippen MR) is 68.7 cm³/mol. The van der Waals surface area contributed by atoms with Gasteiger partial charge in [0.2, 0.25) is 0 Å². The second-order valence-electron chi connectivity index (χ2n) is 4.16. The van der Waals surface area contributed by atoms with E-state index in [1.165, 1.54) is 17.5 Å². The summed E-state index contributed by atoms with van der Waals surface area (Å²) in [5, 5.41) is 3.16. The highest BCUT2D eigenvalue weighted by atomic mass is 16.5. The maximum Gasteiger partial charge on any atom is 0.0468 e. The van der Waals surface area contributed by atoms with Gasteiger partial charge in [-0.1, -0.05) is 31.2 Å². The number of ether oxygens (including phenoxy) is 1. The fourth-order valence-corrected chi connectivity index (χ4v) is 1.98. The molecule has 1 N–H and O–H groups in total. The summed E-state index contributed by atoms with van der Waals surface area (Å²) in [6.07, 6.45) is 2.28. The molecule has 0 aliphatic heterocycles. The summed E-state index contributed by atoms with van der Waals surface area (Å²) in [7, 11) is 3.74. The topological polar surface area (TPSA) is 21.3 Å². The largest absolute Gasteiger partial charge is 0.385 e. The highest BCUT2D eigenvalue weighted by Crippen LogP contribution is 2.23. The maximum absolute atomic E-state index is 5.15. The van der Waals surface area contributed by atoms with Crippen molar-refractivity contribution in [1.82, 2.24) is 5.32 Å². The van der Waals surface area contributed by atoms with Crippen molar-refractivity contribution in [2.75, 3.05) is 20.8 Å². The summed E-state index contributed by atoms with van der Waals surface area (Å²) in [6.45, 7) is 4.02. The molecule has 0 aliphatic rings. The number of hydrogen-bond acceptors (Lipinski definition) is 2. The number of benzene rings is 1. The molecule has 2 heteroatoms. The lowest BCUT2D eigenvalue weighted by Crippen LogP contribution is -2.06. The predicted octanol–water partition coefficient (Wildman–Crippen LogP) is 2.94. The first-order valence-corrected chi connectivity index (χ1v) is 6.04. The lowest BCUT2D eigenvalue weighted by molar-refractivity contribution is 0.187. The Kier molecular flexibility index (Phi) is 6.12. The van der Waals surface area contributed by atoms with Gasteiger partial charge >= 0.3 is 0 Å². The second kappa shape index (κ2) is 7.42. The molecule has 1 aromatic rings. The second-order valence-corrected chi connectivity index (χ2v) is 4.16. The van der Waals surface area contributed by atoms with E-state index in [2.05, 4.69) is 36.5 Å². The Bertz CT molecular complexity index is 281. The van der Waals surface area contributed by atoms with Crippen LogP contribution in [0.3, 0.4) is 0 Å². The van der Waals surface area contributed by atoms with Gasteiger partial charge in [0.15, 0.2) is 0 Å². The third-order valence-corrected chi connectivity index (χ3v) is 3.00. The average Bonchev–Trinajstić information content (AvgIpc) is 2.32. The van der Waals surface area contributed by atoms with Crippen molar-refractivity contribution in [3.63, 3.8) is 0 Å². The van der Waals surface area contributed by atoms with E-state index < -0.39 is 0 Å². The van der Waals surface area contributed by atoms with Crippen molar-refractivity contribution in [3.8, 4) is 0 Å². The number of rotatable bonds is 7. The van der Waals surface area contributed by atoms with Gasteiger partial charge in [0.25, 0.3) is 0 Å². The Balaban J connectivity index is 2.62. The quantitative estimate of drug-likeness (QED) is 0.764. The van der Waals surface area contributed by atoms with E-state index in [4.69, 9.17) is 4.74 Å². The number of methoxy groups -OCH3 is 1. The Morgan fingerprint density at radius 3 is 2.44 bits per heavy atom. The average molecular weight is 221 g/mol. The van der Waals surface area contributed by atoms with Crippen molar-refractivity contribution < 1.29 is 4.74 Å². The van der Waals surface area contributed by atoms with Gasteiger partial charge in [0, 0.05) is 20.3 Å². The molecule has 1 rings (SSSR count). The van der Waals surface area contributed by atoms with E-state index in [0.717, 1.165) is 19.6 Å². The summed E-state index contributed by atoms with van der Waals surface area (Å²) in [5.74, 6) is 0.628. The van der Waals surface area contributed by atoms with Gasteiger partial charge in [-0.05, 0) is 36.9 Å². The molecule has 0 aliphatic carbocycles. The molecule has 0 aromatic heterocycles. The first kappa shape index (κ1) is 13.2. The number of nitrogens with one attached hydrogen (secondary N) is 1. The monoisotopic (exact) mass is 221 g/mol. The molecule has 0 saturated heterocycles. The third kappa shape index (κ3) is 3.95. The fourth-order valence-electron chi connectivity index (χ4n) is 1.98. The van der Waals surface area contributed by atoms with Gasteiger partial charge in [-0.25, -0.2) is 0 Å². The first-order valence-electron chi connectivity index (χ1n) is 6.04. The van der Waals surface area contributed by atoms with E-state index in [1.807, 2.05) is 7.05 Å². The van der Waals surface area contributed by atoms with E-state index in [0.29, 0.717) is 5.92 Å². The highest BCUT2D eigenvalue weighted by molar-refractivity contribution is 5.25. The van der Waals surface area contributed by atoms with Gasteiger partial charge in [-0.2, -0.15) is 0 Å². The lowest BCUT2D eigenvalue weighted by atomic mass is 9.93. The zero-order valence-electron chi connectivity index (χ0n) is 10.6. The van der Waals surface area contributed by atoms with Crippen LogP contribution in [0.2, 0.25) is 0 Å². The molecule has 0 fully saturated rings. The Morgan fingerprint density at radius 2 is 1.94 bits per heavy atom. The van der Waals surface area contributed by atoms with Crippen LogP contribution in [0.5, 0.6) is 0 Å². The SMILES string of the molecule is CCC(CCOC)c1ccc(CNC)cc1. The van der Waals surface area contributed by atoms with Crippen molar-refractivity contribution in [1.29, 1.82) is 0 Å². The third-order valence-electron chi connectivity index (χ3n) is 3.00. The molecule has 0 bridgehead atoms. The summed E-state index contributed by atoms with van der Waals surface area (Å²) in [6, 6.07) is 8.91. The minimum Gasteiger partial charge on any atom is -0.385 e. The highest BCUT2D eigenvalue weighted by Gasteiger charge is 2.08. The zero-order valence-corrected chi connectivity index (χ0v) is 10.6. The van der Waals surface area contributed by atoms with E-state index in [9.17, 15) is 0 Å². The van der Waals surface area contributed by atoms with Crippen molar-refractivity contribution in [2.24, 2.45) is 0 Å². The van der Waals surface area contributed by atoms with Crippen LogP contribution < -0.4 is 5.32 Å². The standard InChI is InChI=1S/C14H23NO/c1-4-13(9-10-16-3)14-7-5-12(6-8-14)11-15-2/h5-8,13,15H,4,9-11H2,1-3H3. The fraction of sp³-hybridized carbons (Fsp3) is 0.571. The molecule has 2 nitrogen and oxygen atoms in total. The molecule has 1 aromatic carbocycles. The molecule has 0 spiro atoms. The van der Waals surface area contributed by atoms with Crippen LogP contribution in [-0.2, 0) is 11.3 Å². The van der Waals surface area contributed by atoms with Crippen molar-refractivity contribution in [2.45, 2.75) is 32.2 Å². The maximum atomic E-state index is 5.15. The normalized spacial score (nSPS) is 12.7. The Labute approximate surface area is 99.0 Å². The molecular formula is C14H23NO. The van der Waals surface area contributed by atoms with Crippen LogP contribution in [-0.4, -0.2) is 20.8 Å². The summed E-state index contributed by atoms with van der Waals surface area (Å²) < 4.78 is 5.15. The summed E-state index contributed by atoms with van der Waals surface area (Å²) in [5.41, 5.74) is 2.77. The Morgan fingerprint density at radius 1 is 1.25 bits per heavy atom. The van der Waals surface area contributed by atoms with Crippen LogP contribution in [0.15, 0.2) is 24.3 Å². The zero-order chi connectivity index (χ0) is 11.8. The van der Waals surface area contributed by atoms with E-state index >= 15 is 0 Å². The van der Waals surface area contributed by atoms with E-state index in [-0.39, 0.29) is 0 Å². The molecular weight excluding hydrogens is 198 g/mol. The van der Waals surface area contributed by atoms with Gasteiger partial charge in [-0.15, -0.1) is 0 Å².